The second kappa shape index (κ2) is 9.31. The van der Waals surface area contributed by atoms with E-state index >= 15 is 0 Å². The van der Waals surface area contributed by atoms with Crippen molar-refractivity contribution >= 4 is 16.0 Å². The van der Waals surface area contributed by atoms with E-state index < -0.39 is 10.0 Å². The highest BCUT2D eigenvalue weighted by Crippen LogP contribution is 2.16. The maximum absolute atomic E-state index is 12.6. The molecule has 10 nitrogen and oxygen atoms in total. The predicted octanol–water partition coefficient (Wildman–Crippen LogP) is 1.29. The van der Waals surface area contributed by atoms with Gasteiger partial charge in [0.15, 0.2) is 5.96 Å². The maximum Gasteiger partial charge on any atom is 0.220 e. The second-order valence-electron chi connectivity index (χ2n) is 7.14. The van der Waals surface area contributed by atoms with Crippen molar-refractivity contribution in [3.8, 4) is 11.3 Å². The summed E-state index contributed by atoms with van der Waals surface area (Å²) in [6.45, 7) is 2.36. The normalized spacial score (nSPS) is 15.9. The average Bonchev–Trinajstić information content (AvgIpc) is 3.47. The van der Waals surface area contributed by atoms with Gasteiger partial charge in [-0.25, -0.2) is 13.4 Å². The molecular formula is C20H25N7O3S. The van der Waals surface area contributed by atoms with Gasteiger partial charge in [0.2, 0.25) is 10.0 Å². The first-order valence-electron chi connectivity index (χ1n) is 9.97. The number of hydrogen-bond acceptors (Lipinski definition) is 6. The summed E-state index contributed by atoms with van der Waals surface area (Å²) >= 11 is 0. The average molecular weight is 444 g/mol. The Morgan fingerprint density at radius 2 is 1.97 bits per heavy atom. The zero-order chi connectivity index (χ0) is 21.7. The molecule has 0 unspecified atom stereocenters. The molecule has 1 saturated heterocycles. The van der Waals surface area contributed by atoms with Crippen LogP contribution in [0.1, 0.15) is 11.5 Å². The van der Waals surface area contributed by atoms with Gasteiger partial charge in [0, 0.05) is 39.3 Å². The highest BCUT2D eigenvalue weighted by molar-refractivity contribution is 7.88. The first-order chi connectivity index (χ1) is 15.0. The number of guanidine groups is 1. The summed E-state index contributed by atoms with van der Waals surface area (Å²) in [4.78, 5) is 14.1. The Kier molecular flexibility index (Phi) is 6.33. The van der Waals surface area contributed by atoms with Crippen LogP contribution in [0.15, 0.2) is 58.4 Å². The molecule has 2 N–H and O–H groups in total. The molecule has 0 radical (unpaired) electrons. The van der Waals surface area contributed by atoms with Gasteiger partial charge in [-0.15, -0.1) is 0 Å². The number of aliphatic imine (C=N–C) groups is 1. The zero-order valence-corrected chi connectivity index (χ0v) is 18.0. The lowest BCUT2D eigenvalue weighted by atomic mass is 10.2. The third-order valence-corrected chi connectivity index (χ3v) is 6.90. The Hall–Kier alpha value is -3.18. The number of nitrogens with zero attached hydrogens (tertiary/aromatic N) is 5. The SMILES string of the molecule is CN=C(NCc1ncc(-c2ccccc2)[nH]1)N1CCN(S(=O)(=O)Cc2ccon2)CC1. The first kappa shape index (κ1) is 21.1. The number of piperazine rings is 1. The predicted molar refractivity (Wildman–Crippen MR) is 116 cm³/mol. The molecular weight excluding hydrogens is 418 g/mol. The summed E-state index contributed by atoms with van der Waals surface area (Å²) in [5.41, 5.74) is 2.44. The van der Waals surface area contributed by atoms with Gasteiger partial charge in [0.1, 0.15) is 17.8 Å². The molecule has 3 heterocycles. The Balaban J connectivity index is 1.30. The summed E-state index contributed by atoms with van der Waals surface area (Å²) in [6.07, 6.45) is 3.19. The summed E-state index contributed by atoms with van der Waals surface area (Å²) in [5, 5.41) is 7.00. The molecule has 3 aromatic rings. The van der Waals surface area contributed by atoms with Crippen molar-refractivity contribution in [2.75, 3.05) is 33.2 Å². The molecule has 0 aliphatic carbocycles. The van der Waals surface area contributed by atoms with E-state index in [0.717, 1.165) is 17.1 Å². The molecule has 1 aromatic carbocycles. The van der Waals surface area contributed by atoms with Gasteiger partial charge >= 0.3 is 0 Å². The van der Waals surface area contributed by atoms with Gasteiger partial charge in [0.05, 0.1) is 24.1 Å². The van der Waals surface area contributed by atoms with Crippen molar-refractivity contribution in [1.82, 2.24) is 29.6 Å². The van der Waals surface area contributed by atoms with Crippen LogP contribution in [0, 0.1) is 0 Å². The van der Waals surface area contributed by atoms with E-state index in [-0.39, 0.29) is 5.75 Å². The number of aromatic nitrogens is 3. The van der Waals surface area contributed by atoms with Crippen molar-refractivity contribution in [2.45, 2.75) is 12.3 Å². The van der Waals surface area contributed by atoms with Crippen LogP contribution in [0.4, 0.5) is 0 Å². The van der Waals surface area contributed by atoms with Crippen LogP contribution in [-0.2, 0) is 22.3 Å². The van der Waals surface area contributed by atoms with E-state index in [1.54, 1.807) is 13.1 Å². The molecule has 31 heavy (non-hydrogen) atoms. The number of aromatic amines is 1. The lowest BCUT2D eigenvalue weighted by Crippen LogP contribution is -2.53. The van der Waals surface area contributed by atoms with Crippen molar-refractivity contribution in [3.05, 3.63) is 60.4 Å². The largest absolute Gasteiger partial charge is 0.364 e. The van der Waals surface area contributed by atoms with Crippen LogP contribution < -0.4 is 5.32 Å². The highest BCUT2D eigenvalue weighted by atomic mass is 32.2. The van der Waals surface area contributed by atoms with Crippen LogP contribution in [-0.4, -0.2) is 71.9 Å². The van der Waals surface area contributed by atoms with E-state index in [0.29, 0.717) is 44.4 Å². The molecule has 11 heteroatoms. The van der Waals surface area contributed by atoms with Crippen molar-refractivity contribution < 1.29 is 12.9 Å². The molecule has 2 aromatic heterocycles. The molecule has 1 fully saturated rings. The fourth-order valence-electron chi connectivity index (χ4n) is 3.48. The topological polar surface area (TPSA) is 120 Å². The van der Waals surface area contributed by atoms with Gasteiger partial charge in [-0.2, -0.15) is 4.31 Å². The summed E-state index contributed by atoms with van der Waals surface area (Å²) in [7, 11) is -1.72. The Labute approximate surface area is 181 Å². The Bertz CT molecular complexity index is 1100. The number of H-pyrrole nitrogens is 1. The Morgan fingerprint density at radius 3 is 2.65 bits per heavy atom. The number of imidazole rings is 1. The van der Waals surface area contributed by atoms with E-state index in [9.17, 15) is 8.42 Å². The number of rotatable bonds is 6. The smallest absolute Gasteiger partial charge is 0.220 e. The van der Waals surface area contributed by atoms with Crippen molar-refractivity contribution in [2.24, 2.45) is 4.99 Å². The van der Waals surface area contributed by atoms with Gasteiger partial charge < -0.3 is 19.7 Å². The van der Waals surface area contributed by atoms with Crippen molar-refractivity contribution in [1.29, 1.82) is 0 Å². The maximum atomic E-state index is 12.6. The zero-order valence-electron chi connectivity index (χ0n) is 17.2. The van der Waals surface area contributed by atoms with Crippen LogP contribution >= 0.6 is 0 Å². The fourth-order valence-corrected chi connectivity index (χ4v) is 4.90. The number of benzene rings is 1. The summed E-state index contributed by atoms with van der Waals surface area (Å²) in [6, 6.07) is 11.6. The molecule has 0 saturated carbocycles. The minimum Gasteiger partial charge on any atom is -0.364 e. The van der Waals surface area contributed by atoms with Crippen LogP contribution in [0.25, 0.3) is 11.3 Å². The fraction of sp³-hybridized carbons (Fsp3) is 0.350. The van der Waals surface area contributed by atoms with E-state index in [2.05, 4.69) is 25.4 Å². The molecule has 0 spiro atoms. The lowest BCUT2D eigenvalue weighted by Gasteiger charge is -2.35. The molecule has 1 aliphatic heterocycles. The molecule has 164 valence electrons. The minimum absolute atomic E-state index is 0.154. The van der Waals surface area contributed by atoms with Gasteiger partial charge in [-0.3, -0.25) is 4.99 Å². The summed E-state index contributed by atoms with van der Waals surface area (Å²) < 4.78 is 31.4. The quantitative estimate of drug-likeness (QED) is 0.435. The van der Waals surface area contributed by atoms with E-state index in [1.807, 2.05) is 41.4 Å². The summed E-state index contributed by atoms with van der Waals surface area (Å²) in [5.74, 6) is 1.36. The molecule has 4 rings (SSSR count). The van der Waals surface area contributed by atoms with E-state index in [4.69, 9.17) is 4.52 Å². The third-order valence-electron chi connectivity index (χ3n) is 5.09. The Morgan fingerprint density at radius 1 is 1.19 bits per heavy atom. The molecule has 1 aliphatic rings. The lowest BCUT2D eigenvalue weighted by molar-refractivity contribution is 0.259. The number of nitrogens with one attached hydrogen (secondary N) is 2. The van der Waals surface area contributed by atoms with Crippen LogP contribution in [0.2, 0.25) is 0 Å². The number of sulfonamides is 1. The molecule has 0 amide bonds. The first-order valence-corrected chi connectivity index (χ1v) is 11.6. The van der Waals surface area contributed by atoms with Crippen LogP contribution in [0.5, 0.6) is 0 Å². The molecule has 0 bridgehead atoms. The third kappa shape index (κ3) is 5.12. The van der Waals surface area contributed by atoms with Gasteiger partial charge in [0.25, 0.3) is 0 Å². The van der Waals surface area contributed by atoms with Gasteiger partial charge in [-0.05, 0) is 5.56 Å². The van der Waals surface area contributed by atoms with Crippen molar-refractivity contribution in [3.63, 3.8) is 0 Å². The highest BCUT2D eigenvalue weighted by Gasteiger charge is 2.29. The molecule has 0 atom stereocenters. The monoisotopic (exact) mass is 443 g/mol. The standard InChI is InChI=1S/C20H25N7O3S/c1-21-20(23-14-19-22-13-18(24-19)16-5-3-2-4-6-16)26-8-10-27(11-9-26)31(28,29)15-17-7-12-30-25-17/h2-7,12-13H,8-11,14-15H2,1H3,(H,21,23)(H,22,24). The minimum atomic E-state index is -3.43. The van der Waals surface area contributed by atoms with E-state index in [1.165, 1.54) is 10.6 Å². The van der Waals surface area contributed by atoms with Gasteiger partial charge in [-0.1, -0.05) is 35.5 Å². The second-order valence-corrected chi connectivity index (χ2v) is 9.11. The number of hydrogen-bond donors (Lipinski definition) is 2. The van der Waals surface area contributed by atoms with Crippen LogP contribution in [0.3, 0.4) is 0 Å².